The second-order valence-electron chi connectivity index (χ2n) is 10.2. The van der Waals surface area contributed by atoms with Gasteiger partial charge >= 0.3 is 0 Å². The van der Waals surface area contributed by atoms with E-state index in [1.807, 2.05) is 32.2 Å². The van der Waals surface area contributed by atoms with Gasteiger partial charge in [-0.1, -0.05) is 27.2 Å². The summed E-state index contributed by atoms with van der Waals surface area (Å²) in [6.07, 6.45) is 5.69. The van der Waals surface area contributed by atoms with Gasteiger partial charge in [-0.2, -0.15) is 0 Å². The van der Waals surface area contributed by atoms with Crippen molar-refractivity contribution in [3.8, 4) is 28.7 Å². The summed E-state index contributed by atoms with van der Waals surface area (Å²) in [7, 11) is 8.18. The van der Waals surface area contributed by atoms with Gasteiger partial charge in [0, 0.05) is 74.1 Å². The molecule has 1 fully saturated rings. The number of hydrogen-bond acceptors (Lipinski definition) is 11. The first kappa shape index (κ1) is 32.1. The lowest BCUT2D eigenvalue weighted by atomic mass is 9.98. The molecule has 2 aliphatic heterocycles. The SMILES string of the molecule is CC.CCCc1c2c(cc(OC)c1OC)NC(CN1CCN(Cc3ncc4c(OC)c(OC)c(OC)cc4n3)CC1)N=C2. The lowest BCUT2D eigenvalue weighted by Gasteiger charge is -2.36. The number of aliphatic imine (C=N–C) groups is 1. The van der Waals surface area contributed by atoms with Crippen molar-refractivity contribution in [2.75, 3.05) is 73.6 Å². The van der Waals surface area contributed by atoms with Crippen molar-refractivity contribution >= 4 is 22.8 Å². The Morgan fingerprint density at radius 3 is 2.12 bits per heavy atom. The topological polar surface area (TPSA) is 103 Å². The van der Waals surface area contributed by atoms with Crippen LogP contribution in [0.2, 0.25) is 0 Å². The van der Waals surface area contributed by atoms with Crippen molar-refractivity contribution in [1.82, 2.24) is 19.8 Å². The summed E-state index contributed by atoms with van der Waals surface area (Å²) >= 11 is 0. The van der Waals surface area contributed by atoms with Crippen LogP contribution in [-0.4, -0.2) is 100 Å². The zero-order valence-electron chi connectivity index (χ0n) is 26.8. The third-order valence-corrected chi connectivity index (χ3v) is 7.72. The third kappa shape index (κ3) is 6.88. The van der Waals surface area contributed by atoms with Crippen LogP contribution in [0.5, 0.6) is 28.7 Å². The maximum Gasteiger partial charge on any atom is 0.204 e. The summed E-state index contributed by atoms with van der Waals surface area (Å²) in [6, 6.07) is 3.89. The highest BCUT2D eigenvalue weighted by molar-refractivity contribution is 5.94. The maximum atomic E-state index is 5.69. The summed E-state index contributed by atoms with van der Waals surface area (Å²) in [5, 5.41) is 4.42. The van der Waals surface area contributed by atoms with E-state index in [2.05, 4.69) is 27.0 Å². The highest BCUT2D eigenvalue weighted by Gasteiger charge is 2.26. The summed E-state index contributed by atoms with van der Waals surface area (Å²) in [5.74, 6) is 4.00. The Bertz CT molecular complexity index is 1410. The van der Waals surface area contributed by atoms with Crippen LogP contribution in [0.3, 0.4) is 0 Å². The van der Waals surface area contributed by atoms with Crippen LogP contribution in [-0.2, 0) is 13.0 Å². The normalized spacial score (nSPS) is 16.5. The molecule has 0 amide bonds. The Hall–Kier alpha value is -3.83. The van der Waals surface area contributed by atoms with E-state index in [-0.39, 0.29) is 6.17 Å². The van der Waals surface area contributed by atoms with E-state index < -0.39 is 0 Å². The maximum absolute atomic E-state index is 5.69. The number of benzene rings is 2. The highest BCUT2D eigenvalue weighted by atomic mass is 16.5. The molecular weight excluding hydrogens is 548 g/mol. The van der Waals surface area contributed by atoms with Gasteiger partial charge < -0.3 is 29.0 Å². The quantitative estimate of drug-likeness (QED) is 0.338. The molecule has 234 valence electrons. The Labute approximate surface area is 255 Å². The van der Waals surface area contributed by atoms with Crippen LogP contribution in [0.1, 0.15) is 44.1 Å². The number of fused-ring (bicyclic) bond motifs is 2. The van der Waals surface area contributed by atoms with Crippen molar-refractivity contribution in [2.45, 2.75) is 46.3 Å². The Morgan fingerprint density at radius 2 is 1.49 bits per heavy atom. The fraction of sp³-hybridized carbons (Fsp3) is 0.531. The Balaban J connectivity index is 0.00000207. The zero-order chi connectivity index (χ0) is 30.9. The molecular formula is C32H46N6O5. The summed E-state index contributed by atoms with van der Waals surface area (Å²) in [6.45, 7) is 11.4. The van der Waals surface area contributed by atoms with E-state index in [1.54, 1.807) is 41.7 Å². The zero-order valence-corrected chi connectivity index (χ0v) is 26.8. The summed E-state index contributed by atoms with van der Waals surface area (Å²) in [4.78, 5) is 19.1. The number of nitrogens with one attached hydrogen (secondary N) is 1. The molecule has 5 rings (SSSR count). The van der Waals surface area contributed by atoms with E-state index in [1.165, 1.54) is 0 Å². The van der Waals surface area contributed by atoms with Crippen molar-refractivity contribution in [3.63, 3.8) is 0 Å². The van der Waals surface area contributed by atoms with Crippen LogP contribution in [0, 0.1) is 0 Å². The lowest BCUT2D eigenvalue weighted by molar-refractivity contribution is 0.122. The first-order valence-electron chi connectivity index (χ1n) is 15.0. The standard InChI is InChI=1S/C30H40N6O5.C2H6/c1-7-8-19-20-15-31-26(33-22(20)13-24(37-2)28(19)39-4)17-35-9-11-36(12-10-35)18-27-32-16-21-23(34-27)14-25(38-3)30(41-6)29(21)40-5;1-2/h13-16,26,33H,7-12,17-18H2,1-6H3;1-2H3. The fourth-order valence-electron chi connectivity index (χ4n) is 5.66. The monoisotopic (exact) mass is 594 g/mol. The van der Waals surface area contributed by atoms with Crippen LogP contribution < -0.4 is 29.0 Å². The molecule has 11 nitrogen and oxygen atoms in total. The first-order valence-corrected chi connectivity index (χ1v) is 15.0. The largest absolute Gasteiger partial charge is 0.493 e. The molecule has 1 aromatic heterocycles. The van der Waals surface area contributed by atoms with E-state index in [0.29, 0.717) is 23.8 Å². The van der Waals surface area contributed by atoms with Crippen LogP contribution in [0.15, 0.2) is 23.3 Å². The Kier molecular flexibility index (Phi) is 11.2. The molecule has 0 radical (unpaired) electrons. The predicted octanol–water partition coefficient (Wildman–Crippen LogP) is 4.64. The molecule has 0 aliphatic carbocycles. The van der Waals surface area contributed by atoms with E-state index in [4.69, 9.17) is 33.7 Å². The third-order valence-electron chi connectivity index (χ3n) is 7.72. The van der Waals surface area contributed by atoms with Crippen LogP contribution >= 0.6 is 0 Å². The van der Waals surface area contributed by atoms with Gasteiger partial charge in [0.05, 0.1) is 53.0 Å². The minimum absolute atomic E-state index is 0.0209. The second-order valence-corrected chi connectivity index (χ2v) is 10.2. The first-order chi connectivity index (χ1) is 21.0. The van der Waals surface area contributed by atoms with E-state index in [0.717, 1.165) is 90.6 Å². The van der Waals surface area contributed by atoms with Crippen LogP contribution in [0.25, 0.3) is 10.9 Å². The number of anilines is 1. The van der Waals surface area contributed by atoms with Gasteiger partial charge in [-0.25, -0.2) is 9.97 Å². The fourth-order valence-corrected chi connectivity index (χ4v) is 5.66. The second kappa shape index (κ2) is 15.1. The Morgan fingerprint density at radius 1 is 0.837 bits per heavy atom. The molecule has 0 bridgehead atoms. The molecule has 2 aliphatic rings. The van der Waals surface area contributed by atoms with Crippen LogP contribution in [0.4, 0.5) is 5.69 Å². The number of aromatic nitrogens is 2. The molecule has 1 atom stereocenters. The molecule has 43 heavy (non-hydrogen) atoms. The molecule has 3 aromatic rings. The number of methoxy groups -OCH3 is 5. The van der Waals surface area contributed by atoms with Crippen molar-refractivity contribution in [2.24, 2.45) is 4.99 Å². The minimum Gasteiger partial charge on any atom is -0.493 e. The molecule has 1 unspecified atom stereocenters. The van der Waals surface area contributed by atoms with Gasteiger partial charge in [-0.05, 0) is 6.42 Å². The van der Waals surface area contributed by atoms with Gasteiger partial charge in [0.15, 0.2) is 23.0 Å². The average molecular weight is 595 g/mol. The summed E-state index contributed by atoms with van der Waals surface area (Å²) in [5.41, 5.74) is 4.04. The van der Waals surface area contributed by atoms with E-state index >= 15 is 0 Å². The van der Waals surface area contributed by atoms with Gasteiger partial charge in [0.1, 0.15) is 12.0 Å². The summed E-state index contributed by atoms with van der Waals surface area (Å²) < 4.78 is 27.9. The number of ether oxygens (including phenoxy) is 5. The smallest absolute Gasteiger partial charge is 0.204 e. The van der Waals surface area contributed by atoms with Crippen molar-refractivity contribution in [1.29, 1.82) is 0 Å². The van der Waals surface area contributed by atoms with Gasteiger partial charge in [-0.15, -0.1) is 0 Å². The molecule has 11 heteroatoms. The molecule has 3 heterocycles. The van der Waals surface area contributed by atoms with Gasteiger partial charge in [0.2, 0.25) is 5.75 Å². The number of piperazine rings is 1. The molecule has 0 spiro atoms. The lowest BCUT2D eigenvalue weighted by Crippen LogP contribution is -2.49. The molecule has 1 saturated heterocycles. The van der Waals surface area contributed by atoms with Gasteiger partial charge in [-0.3, -0.25) is 14.8 Å². The van der Waals surface area contributed by atoms with E-state index in [9.17, 15) is 0 Å². The number of rotatable bonds is 11. The van der Waals surface area contributed by atoms with Crippen molar-refractivity contribution in [3.05, 3.63) is 35.3 Å². The average Bonchev–Trinajstić information content (AvgIpc) is 3.05. The molecule has 0 saturated carbocycles. The molecule has 1 N–H and O–H groups in total. The minimum atomic E-state index is -0.0209. The van der Waals surface area contributed by atoms with Crippen molar-refractivity contribution < 1.29 is 23.7 Å². The molecule has 2 aromatic carbocycles. The predicted molar refractivity (Wildman–Crippen MR) is 171 cm³/mol. The van der Waals surface area contributed by atoms with Gasteiger partial charge in [0.25, 0.3) is 0 Å². The highest BCUT2D eigenvalue weighted by Crippen LogP contribution is 2.43. The number of hydrogen-bond donors (Lipinski definition) is 1. The number of nitrogens with zero attached hydrogens (tertiary/aromatic N) is 5.